The first-order valence-corrected chi connectivity index (χ1v) is 13.5. The van der Waals surface area contributed by atoms with Crippen LogP contribution in [0.4, 0.5) is 13.2 Å². The van der Waals surface area contributed by atoms with Crippen LogP contribution in [0.5, 0.6) is 0 Å². The van der Waals surface area contributed by atoms with Crippen LogP contribution < -0.4 is 0 Å². The van der Waals surface area contributed by atoms with Crippen LogP contribution in [0.25, 0.3) is 0 Å². The monoisotopic (exact) mass is 536 g/mol. The van der Waals surface area contributed by atoms with E-state index in [2.05, 4.69) is 30.1 Å². The number of nitrogens with zero attached hydrogens (tertiary/aromatic N) is 2. The molecule has 1 saturated heterocycles. The van der Waals surface area contributed by atoms with Gasteiger partial charge in [0, 0.05) is 24.5 Å². The van der Waals surface area contributed by atoms with E-state index >= 15 is 0 Å². The van der Waals surface area contributed by atoms with Crippen molar-refractivity contribution in [1.82, 2.24) is 4.90 Å². The second-order valence-corrected chi connectivity index (χ2v) is 13.2. The molecule has 1 spiro atoms. The van der Waals surface area contributed by atoms with Gasteiger partial charge < -0.3 is 4.74 Å². The summed E-state index contributed by atoms with van der Waals surface area (Å²) in [4.78, 5) is 2.42. The molecule has 0 bridgehead atoms. The summed E-state index contributed by atoms with van der Waals surface area (Å²) >= 11 is 6.89. The predicted octanol–water partition coefficient (Wildman–Crippen LogP) is 7.73. The lowest BCUT2D eigenvalue weighted by molar-refractivity contribution is -0.159. The van der Waals surface area contributed by atoms with Crippen molar-refractivity contribution in [3.63, 3.8) is 0 Å². The van der Waals surface area contributed by atoms with E-state index in [1.807, 2.05) is 25.1 Å². The Kier molecular flexibility index (Phi) is 6.34. The fourth-order valence-corrected chi connectivity index (χ4v) is 6.56. The zero-order chi connectivity index (χ0) is 26.1. The van der Waals surface area contributed by atoms with E-state index < -0.39 is 10.9 Å². The molecule has 3 nitrogen and oxygen atoms in total. The van der Waals surface area contributed by atoms with Crippen molar-refractivity contribution < 1.29 is 17.9 Å². The SMILES string of the molecule is Cc1cc(C2(C(F)(F)F)CC(c3ccc4c(c3)COC43CN(CCC(C)(C)C)C3)=NS2)cc(Cl)c1C. The van der Waals surface area contributed by atoms with Gasteiger partial charge in [0.05, 0.1) is 12.3 Å². The van der Waals surface area contributed by atoms with Gasteiger partial charge in [0.25, 0.3) is 0 Å². The smallest absolute Gasteiger partial charge is 0.363 e. The van der Waals surface area contributed by atoms with E-state index in [0.717, 1.165) is 53.9 Å². The van der Waals surface area contributed by atoms with E-state index in [0.29, 0.717) is 34.7 Å². The minimum Gasteiger partial charge on any atom is -0.363 e. The van der Waals surface area contributed by atoms with Crippen molar-refractivity contribution in [2.75, 3.05) is 19.6 Å². The number of likely N-dealkylation sites (tertiary alicyclic amines) is 1. The summed E-state index contributed by atoms with van der Waals surface area (Å²) in [6.45, 7) is 13.6. The van der Waals surface area contributed by atoms with E-state index in [-0.39, 0.29) is 17.6 Å². The molecule has 8 heteroatoms. The highest BCUT2D eigenvalue weighted by atomic mass is 35.5. The molecule has 0 saturated carbocycles. The molecule has 3 aliphatic rings. The number of alkyl halides is 3. The fourth-order valence-electron chi connectivity index (χ4n) is 5.33. The second kappa shape index (κ2) is 8.75. The third kappa shape index (κ3) is 4.40. The van der Waals surface area contributed by atoms with Crippen LogP contribution in [-0.2, 0) is 21.7 Å². The van der Waals surface area contributed by atoms with Crippen molar-refractivity contribution in [2.24, 2.45) is 9.81 Å². The first kappa shape index (κ1) is 26.1. The first-order valence-electron chi connectivity index (χ1n) is 12.3. The highest BCUT2D eigenvalue weighted by molar-refractivity contribution is 7.99. The van der Waals surface area contributed by atoms with Gasteiger partial charge in [-0.3, -0.25) is 4.90 Å². The topological polar surface area (TPSA) is 24.8 Å². The molecule has 2 aromatic carbocycles. The quantitative estimate of drug-likeness (QED) is 0.374. The molecule has 3 aliphatic heterocycles. The lowest BCUT2D eigenvalue weighted by atomic mass is 9.82. The van der Waals surface area contributed by atoms with Gasteiger partial charge >= 0.3 is 6.18 Å². The van der Waals surface area contributed by atoms with Crippen LogP contribution >= 0.6 is 23.5 Å². The van der Waals surface area contributed by atoms with Crippen LogP contribution in [0.2, 0.25) is 5.02 Å². The Bertz CT molecular complexity index is 1210. The number of benzene rings is 2. The van der Waals surface area contributed by atoms with Crippen LogP contribution in [0.3, 0.4) is 0 Å². The van der Waals surface area contributed by atoms with E-state index in [9.17, 15) is 13.2 Å². The lowest BCUT2D eigenvalue weighted by Crippen LogP contribution is -2.59. The number of aryl methyl sites for hydroxylation is 1. The maximum Gasteiger partial charge on any atom is 0.409 e. The zero-order valence-corrected chi connectivity index (χ0v) is 22.9. The number of rotatable bonds is 4. The summed E-state index contributed by atoms with van der Waals surface area (Å²) in [6, 6.07) is 8.97. The molecule has 1 atom stereocenters. The van der Waals surface area contributed by atoms with Crippen LogP contribution in [-0.4, -0.2) is 36.4 Å². The maximum absolute atomic E-state index is 14.5. The average Bonchev–Trinajstić information content (AvgIpc) is 3.37. The fraction of sp³-hybridized carbons (Fsp3) is 0.536. The largest absolute Gasteiger partial charge is 0.409 e. The Morgan fingerprint density at radius 1 is 1.11 bits per heavy atom. The Hall–Kier alpha value is -1.54. The summed E-state index contributed by atoms with van der Waals surface area (Å²) in [6.07, 6.45) is -3.59. The molecule has 0 amide bonds. The summed E-state index contributed by atoms with van der Waals surface area (Å²) in [7, 11) is 0. The van der Waals surface area contributed by atoms with Gasteiger partial charge in [-0.1, -0.05) is 50.6 Å². The van der Waals surface area contributed by atoms with E-state index in [1.165, 1.54) is 6.07 Å². The number of fused-ring (bicyclic) bond motifs is 2. The standard InChI is InChI=1S/C28H32ClF3N2OS/c1-17-10-21(12-23(29)18(17)2)27(28(30,31)32)13-24(33-36-27)19-6-7-22-20(11-19)14-35-26(22)15-34(16-26)9-8-25(3,4)5/h6-7,10-12H,8-9,13-16H2,1-5H3. The Balaban J connectivity index is 1.36. The number of ether oxygens (including phenoxy) is 1. The minimum atomic E-state index is -4.49. The lowest BCUT2D eigenvalue weighted by Gasteiger charge is -2.48. The molecule has 0 N–H and O–H groups in total. The van der Waals surface area contributed by atoms with Crippen molar-refractivity contribution >= 4 is 29.3 Å². The Morgan fingerprint density at radius 2 is 1.83 bits per heavy atom. The van der Waals surface area contributed by atoms with Crippen molar-refractivity contribution in [3.05, 3.63) is 68.7 Å². The van der Waals surface area contributed by atoms with E-state index in [4.69, 9.17) is 16.3 Å². The van der Waals surface area contributed by atoms with Gasteiger partial charge in [-0.15, -0.1) is 0 Å². The van der Waals surface area contributed by atoms with Gasteiger partial charge in [0.2, 0.25) is 0 Å². The summed E-state index contributed by atoms with van der Waals surface area (Å²) in [5.41, 5.74) is 5.09. The molecule has 3 heterocycles. The van der Waals surface area contributed by atoms with Crippen molar-refractivity contribution in [2.45, 2.75) is 70.6 Å². The van der Waals surface area contributed by atoms with Gasteiger partial charge in [-0.2, -0.15) is 13.2 Å². The average molecular weight is 537 g/mol. The highest BCUT2D eigenvalue weighted by Gasteiger charge is 2.60. The normalized spacial score (nSPS) is 23.6. The molecule has 194 valence electrons. The summed E-state index contributed by atoms with van der Waals surface area (Å²) in [5, 5.41) is 0.347. The molecule has 0 aliphatic carbocycles. The Morgan fingerprint density at radius 3 is 2.47 bits per heavy atom. The molecule has 5 rings (SSSR count). The predicted molar refractivity (Wildman–Crippen MR) is 141 cm³/mol. The van der Waals surface area contributed by atoms with Crippen molar-refractivity contribution in [3.8, 4) is 0 Å². The van der Waals surface area contributed by atoms with Crippen LogP contribution in [0.1, 0.15) is 67.0 Å². The third-order valence-corrected chi connectivity index (χ3v) is 9.45. The third-order valence-electron chi connectivity index (χ3n) is 7.83. The molecule has 36 heavy (non-hydrogen) atoms. The van der Waals surface area contributed by atoms with Crippen LogP contribution in [0.15, 0.2) is 34.7 Å². The Labute approximate surface area is 220 Å². The second-order valence-electron chi connectivity index (χ2n) is 11.7. The first-order chi connectivity index (χ1) is 16.7. The number of hydrogen-bond donors (Lipinski definition) is 0. The van der Waals surface area contributed by atoms with Gasteiger partial charge in [-0.05, 0) is 89.7 Å². The number of hydrogen-bond acceptors (Lipinski definition) is 4. The van der Waals surface area contributed by atoms with Crippen molar-refractivity contribution in [1.29, 1.82) is 0 Å². The molecule has 1 fully saturated rings. The minimum absolute atomic E-state index is 0.153. The number of halogens is 4. The maximum atomic E-state index is 14.5. The molecule has 2 aromatic rings. The molecular formula is C28H32ClF3N2OS. The van der Waals surface area contributed by atoms with Gasteiger partial charge in [0.1, 0.15) is 5.60 Å². The van der Waals surface area contributed by atoms with E-state index in [1.54, 1.807) is 13.0 Å². The van der Waals surface area contributed by atoms with Crippen LogP contribution in [0, 0.1) is 19.3 Å². The summed E-state index contributed by atoms with van der Waals surface area (Å²) in [5.74, 6) is 0. The molecule has 1 unspecified atom stereocenters. The van der Waals surface area contributed by atoms with Gasteiger partial charge in [0.15, 0.2) is 4.75 Å². The molecule has 0 aromatic heterocycles. The van der Waals surface area contributed by atoms with Gasteiger partial charge in [-0.25, -0.2) is 4.40 Å². The summed E-state index contributed by atoms with van der Waals surface area (Å²) < 4.78 is 52.1. The highest BCUT2D eigenvalue weighted by Crippen LogP contribution is 2.57. The molecule has 0 radical (unpaired) electrons. The molecular weight excluding hydrogens is 505 g/mol. The zero-order valence-electron chi connectivity index (χ0n) is 21.4.